The molecule has 1 aliphatic rings. The summed E-state index contributed by atoms with van der Waals surface area (Å²) in [5, 5.41) is 16.8. The maximum absolute atomic E-state index is 14.0. The number of carboxylic acid groups (broad SMARTS) is 1. The summed E-state index contributed by atoms with van der Waals surface area (Å²) in [6.07, 6.45) is 0.790. The number of amides is 2. The lowest BCUT2D eigenvalue weighted by atomic mass is 9.62. The molecule has 2 aromatic rings. The van der Waals surface area contributed by atoms with Crippen molar-refractivity contribution in [2.45, 2.75) is 63.4 Å². The Morgan fingerprint density at radius 3 is 2.24 bits per heavy atom. The molecule has 15 heteroatoms. The highest BCUT2D eigenvalue weighted by atomic mass is 32.2. The summed E-state index contributed by atoms with van der Waals surface area (Å²) in [7, 11) is -1.70. The quantitative estimate of drug-likeness (QED) is 0.142. The molecule has 0 radical (unpaired) electrons. The maximum Gasteiger partial charge on any atom is 0.332 e. The van der Waals surface area contributed by atoms with E-state index in [1.165, 1.54) is 26.3 Å². The van der Waals surface area contributed by atoms with Crippen LogP contribution in [-0.4, -0.2) is 91.9 Å². The van der Waals surface area contributed by atoms with Crippen molar-refractivity contribution < 1.29 is 37.4 Å². The molecule has 2 amide bonds. The first-order chi connectivity index (χ1) is 20.8. The van der Waals surface area contributed by atoms with Gasteiger partial charge in [-0.15, -0.1) is 0 Å². The molecule has 1 fully saturated rings. The minimum Gasteiger partial charge on any atom is -0.481 e. The van der Waals surface area contributed by atoms with E-state index in [4.69, 9.17) is 31.5 Å². The molecule has 0 aliphatic carbocycles. The van der Waals surface area contributed by atoms with E-state index < -0.39 is 57.2 Å². The lowest BCUT2D eigenvalue weighted by Gasteiger charge is -2.53. The summed E-state index contributed by atoms with van der Waals surface area (Å²) in [5.41, 5.74) is 8.63. The van der Waals surface area contributed by atoms with Crippen molar-refractivity contribution in [1.82, 2.24) is 14.5 Å². The third kappa shape index (κ3) is 8.48. The predicted molar refractivity (Wildman–Crippen MR) is 168 cm³/mol. The summed E-state index contributed by atoms with van der Waals surface area (Å²) in [6, 6.07) is 10.1. The van der Waals surface area contributed by atoms with Crippen molar-refractivity contribution in [2.24, 2.45) is 22.8 Å². The van der Waals surface area contributed by atoms with Crippen LogP contribution in [0.25, 0.3) is 10.8 Å². The molecule has 0 bridgehead atoms. The Labute approximate surface area is 263 Å². The van der Waals surface area contributed by atoms with E-state index in [2.05, 4.69) is 4.72 Å². The van der Waals surface area contributed by atoms with Gasteiger partial charge in [-0.1, -0.05) is 44.2 Å². The first kappa shape index (κ1) is 36.9. The third-order valence-electron chi connectivity index (χ3n) is 8.65. The average Bonchev–Trinajstić information content (AvgIpc) is 2.98. The van der Waals surface area contributed by atoms with Gasteiger partial charge in [0.05, 0.1) is 18.4 Å². The first-order valence-corrected chi connectivity index (χ1v) is 15.7. The highest BCUT2D eigenvalue weighted by Crippen LogP contribution is 2.46. The van der Waals surface area contributed by atoms with Crippen LogP contribution in [0.15, 0.2) is 47.4 Å². The van der Waals surface area contributed by atoms with Gasteiger partial charge in [0.25, 0.3) is 5.97 Å². The number of hydrogen-bond donors (Lipinski definition) is 5. The van der Waals surface area contributed by atoms with Crippen molar-refractivity contribution in [3.05, 3.63) is 42.5 Å². The van der Waals surface area contributed by atoms with Crippen LogP contribution in [0.3, 0.4) is 0 Å². The Balaban J connectivity index is 0.00000166. The van der Waals surface area contributed by atoms with Crippen molar-refractivity contribution in [3.63, 3.8) is 0 Å². The van der Waals surface area contributed by atoms with Gasteiger partial charge in [-0.3, -0.25) is 19.8 Å². The molecular weight excluding hydrogens is 604 g/mol. The van der Waals surface area contributed by atoms with Gasteiger partial charge in [-0.2, -0.15) is 4.72 Å². The molecule has 248 valence electrons. The number of fused-ring (bicyclic) bond motifs is 1. The van der Waals surface area contributed by atoms with E-state index in [1.807, 2.05) is 26.0 Å². The smallest absolute Gasteiger partial charge is 0.332 e. The van der Waals surface area contributed by atoms with E-state index in [1.54, 1.807) is 30.0 Å². The SMILES string of the molecule is CC(=O)O.COC(=O)[C@@](C)(N(C)C(=O)[C@H](CC(N)=O)NS(=O)(=O)c1ccc2ccccc2c1)C(C)(C)[C@@H]1CCCN(C(=N)N)C1. The second kappa shape index (κ2) is 14.7. The zero-order valence-corrected chi connectivity index (χ0v) is 27.3. The number of aliphatic carboxylic acids is 1. The monoisotopic (exact) mass is 648 g/mol. The number of hydrogen-bond acceptors (Lipinski definition) is 8. The Kier molecular flexibility index (Phi) is 12.1. The Bertz CT molecular complexity index is 1540. The van der Waals surface area contributed by atoms with Gasteiger partial charge < -0.3 is 31.1 Å². The molecule has 14 nitrogen and oxygen atoms in total. The van der Waals surface area contributed by atoms with Crippen LogP contribution in [0.2, 0.25) is 0 Å². The largest absolute Gasteiger partial charge is 0.481 e. The number of rotatable bonds is 10. The number of nitrogens with two attached hydrogens (primary N) is 2. The van der Waals surface area contributed by atoms with Crippen LogP contribution in [0, 0.1) is 16.7 Å². The van der Waals surface area contributed by atoms with E-state index in [0.29, 0.717) is 24.9 Å². The molecule has 1 saturated heterocycles. The number of carbonyl (C=O) groups excluding carboxylic acids is 3. The van der Waals surface area contributed by atoms with Crippen LogP contribution >= 0.6 is 0 Å². The van der Waals surface area contributed by atoms with Gasteiger partial charge >= 0.3 is 5.97 Å². The second-order valence-corrected chi connectivity index (χ2v) is 13.4. The highest BCUT2D eigenvalue weighted by Gasteiger charge is 2.57. The normalized spacial score (nSPS) is 17.2. The highest BCUT2D eigenvalue weighted by molar-refractivity contribution is 7.89. The summed E-state index contributed by atoms with van der Waals surface area (Å²) in [4.78, 5) is 51.2. The van der Waals surface area contributed by atoms with Crippen LogP contribution in [-0.2, 0) is 33.9 Å². The maximum atomic E-state index is 14.0. The number of carbonyl (C=O) groups is 4. The zero-order valence-electron chi connectivity index (χ0n) is 26.5. The molecule has 1 heterocycles. The lowest BCUT2D eigenvalue weighted by Crippen LogP contribution is -2.67. The van der Waals surface area contributed by atoms with Gasteiger partial charge in [0, 0.05) is 32.5 Å². The van der Waals surface area contributed by atoms with Gasteiger partial charge in [-0.05, 0) is 48.6 Å². The van der Waals surface area contributed by atoms with Gasteiger partial charge in [0.15, 0.2) is 5.96 Å². The fraction of sp³-hybridized carbons (Fsp3) is 0.500. The number of guanidine groups is 1. The van der Waals surface area contributed by atoms with Crippen LogP contribution in [0.1, 0.15) is 47.0 Å². The number of benzene rings is 2. The Hall–Kier alpha value is -4.24. The molecule has 0 spiro atoms. The molecule has 3 rings (SSSR count). The standard InChI is InChI=1S/C28H40N6O6S.C2H4O2/c1-27(2,20-11-8-14-34(17-20)26(30)31)28(3,25(37)40-5)33(4)24(36)22(16-23(29)35)32-41(38,39)21-13-12-18-9-6-7-10-19(18)15-21;1-2(3)4/h6-7,9-10,12-13,15,20,22,32H,8,11,14,16-17H2,1-5H3,(H2,29,35)(H3,30,31);1H3,(H,3,4)/t20-,22+,28-;/m1./s1. The predicted octanol–water partition coefficient (Wildman–Crippen LogP) is 1.47. The molecule has 0 aromatic heterocycles. The number of esters is 1. The molecule has 7 N–H and O–H groups in total. The number of nitrogens with zero attached hydrogens (tertiary/aromatic N) is 2. The van der Waals surface area contributed by atoms with Gasteiger partial charge in [0.2, 0.25) is 21.8 Å². The topological polar surface area (TPSA) is 226 Å². The van der Waals surface area contributed by atoms with Crippen molar-refractivity contribution in [3.8, 4) is 0 Å². The summed E-state index contributed by atoms with van der Waals surface area (Å²) < 4.78 is 34.3. The number of primary amides is 1. The number of carboxylic acids is 1. The Morgan fingerprint density at radius 1 is 1.13 bits per heavy atom. The van der Waals surface area contributed by atoms with E-state index in [9.17, 15) is 22.8 Å². The zero-order chi connectivity index (χ0) is 34.3. The number of likely N-dealkylation sites (N-methyl/N-ethyl adjacent to an activating group) is 1. The molecule has 0 unspecified atom stereocenters. The van der Waals surface area contributed by atoms with Crippen LogP contribution in [0.5, 0.6) is 0 Å². The van der Waals surface area contributed by atoms with Crippen LogP contribution < -0.4 is 16.2 Å². The number of piperidine rings is 1. The molecule has 0 saturated carbocycles. The van der Waals surface area contributed by atoms with Crippen molar-refractivity contribution in [1.29, 1.82) is 5.41 Å². The minimum absolute atomic E-state index is 0.0840. The molecular formula is C30H44N6O8S. The van der Waals surface area contributed by atoms with Gasteiger partial charge in [-0.25, -0.2) is 13.2 Å². The lowest BCUT2D eigenvalue weighted by molar-refractivity contribution is -0.173. The van der Waals surface area contributed by atoms with Crippen LogP contribution in [0.4, 0.5) is 0 Å². The molecule has 45 heavy (non-hydrogen) atoms. The fourth-order valence-corrected chi connectivity index (χ4v) is 6.86. The molecule has 2 aromatic carbocycles. The van der Waals surface area contributed by atoms with Gasteiger partial charge in [0.1, 0.15) is 11.6 Å². The number of sulfonamides is 1. The van der Waals surface area contributed by atoms with Crippen molar-refractivity contribution >= 4 is 50.5 Å². The second-order valence-electron chi connectivity index (χ2n) is 11.7. The van der Waals surface area contributed by atoms with E-state index in [-0.39, 0.29) is 16.8 Å². The number of likely N-dealkylation sites (tertiary alicyclic amines) is 1. The molecule has 1 aliphatic heterocycles. The number of nitrogens with one attached hydrogen (secondary N) is 2. The summed E-state index contributed by atoms with van der Waals surface area (Å²) in [6.45, 7) is 7.27. The number of ether oxygens (including phenoxy) is 1. The first-order valence-electron chi connectivity index (χ1n) is 14.2. The number of methoxy groups -OCH3 is 1. The van der Waals surface area contributed by atoms with E-state index in [0.717, 1.165) is 23.6 Å². The summed E-state index contributed by atoms with van der Waals surface area (Å²) in [5.74, 6) is -3.55. The fourth-order valence-electron chi connectivity index (χ4n) is 5.64. The molecule has 3 atom stereocenters. The van der Waals surface area contributed by atoms with Crippen molar-refractivity contribution in [2.75, 3.05) is 27.2 Å². The average molecular weight is 649 g/mol. The Morgan fingerprint density at radius 2 is 1.71 bits per heavy atom. The van der Waals surface area contributed by atoms with E-state index >= 15 is 0 Å². The third-order valence-corrected chi connectivity index (χ3v) is 10.1. The minimum atomic E-state index is -4.28. The summed E-state index contributed by atoms with van der Waals surface area (Å²) >= 11 is 0.